The van der Waals surface area contributed by atoms with Gasteiger partial charge in [0, 0.05) is 12.8 Å². The number of primary amides is 1. The van der Waals surface area contributed by atoms with Gasteiger partial charge in [-0.1, -0.05) is 13.8 Å². The molecule has 0 bridgehead atoms. The number of thioether (sulfide) groups is 1. The third-order valence-corrected chi connectivity index (χ3v) is 5.53. The van der Waals surface area contributed by atoms with Gasteiger partial charge in [-0.2, -0.15) is 11.8 Å². The minimum atomic E-state index is -1.52. The van der Waals surface area contributed by atoms with Gasteiger partial charge in [0.2, 0.25) is 23.6 Å². The van der Waals surface area contributed by atoms with Crippen LogP contribution >= 0.6 is 11.8 Å². The fourth-order valence-corrected chi connectivity index (χ4v) is 3.47. The summed E-state index contributed by atoms with van der Waals surface area (Å²) in [5.74, 6) is -4.98. The second-order valence-corrected chi connectivity index (χ2v) is 9.46. The van der Waals surface area contributed by atoms with Crippen molar-refractivity contribution in [2.45, 2.75) is 76.5 Å². The molecule has 4 unspecified atom stereocenters. The summed E-state index contributed by atoms with van der Waals surface area (Å²) in [5, 5.41) is 25.3. The molecule has 0 rings (SSSR count). The molecule has 9 N–H and O–H groups in total. The molecule has 13 nitrogen and oxygen atoms in total. The SMILES string of the molecule is CSCCC(N)C(=O)NC(CC(C)C)C(=O)NC(CCC(N)=O)C(=O)NC(CCC(=O)O)C(=O)O. The highest BCUT2D eigenvalue weighted by Gasteiger charge is 2.31. The van der Waals surface area contributed by atoms with Gasteiger partial charge in [0.05, 0.1) is 6.04 Å². The molecule has 0 heterocycles. The zero-order valence-corrected chi connectivity index (χ0v) is 21.1. The third kappa shape index (κ3) is 14.2. The molecular formula is C21H37N5O8S. The van der Waals surface area contributed by atoms with Gasteiger partial charge in [-0.25, -0.2) is 4.79 Å². The summed E-state index contributed by atoms with van der Waals surface area (Å²) in [6.07, 6.45) is 1.10. The van der Waals surface area contributed by atoms with E-state index in [-0.39, 0.29) is 31.6 Å². The van der Waals surface area contributed by atoms with Gasteiger partial charge in [-0.3, -0.25) is 24.0 Å². The summed E-state index contributed by atoms with van der Waals surface area (Å²) >= 11 is 1.52. The van der Waals surface area contributed by atoms with Crippen LogP contribution in [0.1, 0.15) is 52.4 Å². The van der Waals surface area contributed by atoms with E-state index in [0.717, 1.165) is 0 Å². The Morgan fingerprint density at radius 2 is 1.31 bits per heavy atom. The fraction of sp³-hybridized carbons (Fsp3) is 0.714. The van der Waals surface area contributed by atoms with Gasteiger partial charge in [0.25, 0.3) is 0 Å². The lowest BCUT2D eigenvalue weighted by atomic mass is 10.0. The lowest BCUT2D eigenvalue weighted by Gasteiger charge is -2.26. The second-order valence-electron chi connectivity index (χ2n) is 8.48. The molecule has 0 spiro atoms. The lowest BCUT2D eigenvalue weighted by Crippen LogP contribution is -2.57. The smallest absolute Gasteiger partial charge is 0.326 e. The van der Waals surface area contributed by atoms with Gasteiger partial charge >= 0.3 is 11.9 Å². The van der Waals surface area contributed by atoms with Crippen LogP contribution in [0.3, 0.4) is 0 Å². The molecule has 4 amide bonds. The number of carbonyl (C=O) groups excluding carboxylic acids is 4. The average molecular weight is 520 g/mol. The first-order valence-corrected chi connectivity index (χ1v) is 12.6. The van der Waals surface area contributed by atoms with Crippen molar-refractivity contribution in [3.63, 3.8) is 0 Å². The predicted molar refractivity (Wildman–Crippen MR) is 129 cm³/mol. The molecule has 0 aliphatic carbocycles. The minimum absolute atomic E-state index is 0.0150. The number of amides is 4. The van der Waals surface area contributed by atoms with Crippen LogP contribution < -0.4 is 27.4 Å². The number of aliphatic carboxylic acids is 2. The first-order chi connectivity index (χ1) is 16.3. The Kier molecular flexibility index (Phi) is 15.3. The summed E-state index contributed by atoms with van der Waals surface area (Å²) in [6, 6.07) is -4.73. The molecule has 0 saturated heterocycles. The summed E-state index contributed by atoms with van der Waals surface area (Å²) < 4.78 is 0. The maximum Gasteiger partial charge on any atom is 0.326 e. The number of nitrogens with two attached hydrogens (primary N) is 2. The zero-order valence-electron chi connectivity index (χ0n) is 20.2. The predicted octanol–water partition coefficient (Wildman–Crippen LogP) is -1.22. The normalized spacial score (nSPS) is 14.3. The summed E-state index contributed by atoms with van der Waals surface area (Å²) in [7, 11) is 0. The van der Waals surface area contributed by atoms with Crippen molar-refractivity contribution in [3.05, 3.63) is 0 Å². The van der Waals surface area contributed by atoms with Gasteiger partial charge in [-0.05, 0) is 43.6 Å². The van der Waals surface area contributed by atoms with Crippen molar-refractivity contribution in [1.82, 2.24) is 16.0 Å². The fourth-order valence-electron chi connectivity index (χ4n) is 2.98. The molecule has 35 heavy (non-hydrogen) atoms. The molecule has 0 radical (unpaired) electrons. The number of rotatable bonds is 18. The van der Waals surface area contributed by atoms with E-state index in [4.69, 9.17) is 16.6 Å². The van der Waals surface area contributed by atoms with E-state index in [1.807, 2.05) is 20.1 Å². The molecule has 0 aromatic heterocycles. The maximum atomic E-state index is 13.0. The third-order valence-electron chi connectivity index (χ3n) is 4.88. The second kappa shape index (κ2) is 16.7. The van der Waals surface area contributed by atoms with Gasteiger partial charge < -0.3 is 37.6 Å². The highest BCUT2D eigenvalue weighted by Crippen LogP contribution is 2.09. The Hall–Kier alpha value is -2.87. The molecule has 0 aromatic rings. The molecule has 0 aliphatic rings. The first kappa shape index (κ1) is 32.1. The number of carboxylic acid groups (broad SMARTS) is 2. The van der Waals surface area contributed by atoms with Gasteiger partial charge in [0.1, 0.15) is 18.1 Å². The summed E-state index contributed by atoms with van der Waals surface area (Å²) in [5.41, 5.74) is 11.0. The van der Waals surface area contributed by atoms with Crippen molar-refractivity contribution in [3.8, 4) is 0 Å². The molecule has 200 valence electrons. The number of nitrogens with one attached hydrogen (secondary N) is 3. The highest BCUT2D eigenvalue weighted by molar-refractivity contribution is 7.98. The van der Waals surface area contributed by atoms with E-state index >= 15 is 0 Å². The Morgan fingerprint density at radius 1 is 0.800 bits per heavy atom. The topological polar surface area (TPSA) is 231 Å². The number of hydrogen-bond acceptors (Lipinski definition) is 8. The highest BCUT2D eigenvalue weighted by atomic mass is 32.2. The first-order valence-electron chi connectivity index (χ1n) is 11.2. The van der Waals surface area contributed by atoms with Crippen LogP contribution in [0.25, 0.3) is 0 Å². The monoisotopic (exact) mass is 519 g/mol. The van der Waals surface area contributed by atoms with E-state index in [0.29, 0.717) is 12.2 Å². The van der Waals surface area contributed by atoms with Crippen LogP contribution in [-0.2, 0) is 28.8 Å². The van der Waals surface area contributed by atoms with Crippen LogP contribution in [0.2, 0.25) is 0 Å². The van der Waals surface area contributed by atoms with E-state index in [2.05, 4.69) is 16.0 Å². The zero-order chi connectivity index (χ0) is 27.1. The largest absolute Gasteiger partial charge is 0.481 e. The van der Waals surface area contributed by atoms with Crippen molar-refractivity contribution in [2.75, 3.05) is 12.0 Å². The molecule has 4 atom stereocenters. The minimum Gasteiger partial charge on any atom is -0.481 e. The molecular weight excluding hydrogens is 482 g/mol. The Labute approximate surface area is 208 Å². The number of hydrogen-bond donors (Lipinski definition) is 7. The molecule has 0 aromatic carbocycles. The van der Waals surface area contributed by atoms with E-state index in [1.54, 1.807) is 0 Å². The van der Waals surface area contributed by atoms with Crippen LogP contribution in [0, 0.1) is 5.92 Å². The Balaban J connectivity index is 5.54. The lowest BCUT2D eigenvalue weighted by molar-refractivity contribution is -0.143. The van der Waals surface area contributed by atoms with Crippen molar-refractivity contribution >= 4 is 47.3 Å². The van der Waals surface area contributed by atoms with Crippen molar-refractivity contribution < 1.29 is 39.0 Å². The Bertz CT molecular complexity index is 764. The van der Waals surface area contributed by atoms with Crippen molar-refractivity contribution in [2.24, 2.45) is 17.4 Å². The quantitative estimate of drug-likeness (QED) is 0.114. The van der Waals surface area contributed by atoms with E-state index < -0.39 is 66.2 Å². The number of carbonyl (C=O) groups is 6. The van der Waals surface area contributed by atoms with Crippen molar-refractivity contribution in [1.29, 1.82) is 0 Å². The summed E-state index contributed by atoms with van der Waals surface area (Å²) in [6.45, 7) is 3.66. The summed E-state index contributed by atoms with van der Waals surface area (Å²) in [4.78, 5) is 71.6. The molecule has 0 aliphatic heterocycles. The van der Waals surface area contributed by atoms with Crippen LogP contribution in [-0.4, -0.2) is 82.0 Å². The molecule has 14 heteroatoms. The molecule has 0 saturated carbocycles. The maximum absolute atomic E-state index is 13.0. The number of carboxylic acids is 2. The van der Waals surface area contributed by atoms with E-state index in [1.165, 1.54) is 11.8 Å². The molecule has 0 fully saturated rings. The van der Waals surface area contributed by atoms with Gasteiger partial charge in [-0.15, -0.1) is 0 Å². The van der Waals surface area contributed by atoms with Crippen LogP contribution in [0.15, 0.2) is 0 Å². The van der Waals surface area contributed by atoms with Gasteiger partial charge in [0.15, 0.2) is 0 Å². The van der Waals surface area contributed by atoms with E-state index in [9.17, 15) is 33.9 Å². The standard InChI is InChI=1S/C21H37N5O8S/c1-11(2)10-15(26-18(30)12(22)8-9-35-3)20(32)24-13(4-6-16(23)27)19(31)25-14(21(33)34)5-7-17(28)29/h11-15H,4-10,22H2,1-3H3,(H2,23,27)(H,24,32)(H,25,31)(H,26,30)(H,28,29)(H,33,34). The van der Waals surface area contributed by atoms with Crippen LogP contribution in [0.4, 0.5) is 0 Å². The van der Waals surface area contributed by atoms with Crippen LogP contribution in [0.5, 0.6) is 0 Å². The average Bonchev–Trinajstić information content (AvgIpc) is 2.75. The Morgan fingerprint density at radius 3 is 1.80 bits per heavy atom.